The summed E-state index contributed by atoms with van der Waals surface area (Å²) in [6, 6.07) is 6.37. The Bertz CT molecular complexity index is 1270. The van der Waals surface area contributed by atoms with E-state index in [0.717, 1.165) is 53.9 Å². The fraction of sp³-hybridized carbons (Fsp3) is 0.417. The SMILES string of the molecule is Cn1c(CNCC2CCC2)cc2cc3c(cc21)CCCc1c-3[nH]c(=O)c(OC(=O)O)c1O. The third-order valence-corrected chi connectivity index (χ3v) is 6.91. The van der Waals surface area contributed by atoms with Gasteiger partial charge in [0.25, 0.3) is 5.56 Å². The van der Waals surface area contributed by atoms with Crippen LogP contribution in [0.25, 0.3) is 22.2 Å². The van der Waals surface area contributed by atoms with Gasteiger partial charge in [-0.2, -0.15) is 0 Å². The Labute approximate surface area is 184 Å². The molecular formula is C24H27N3O5. The lowest BCUT2D eigenvalue weighted by Gasteiger charge is -2.25. The number of H-pyrrole nitrogens is 1. The highest BCUT2D eigenvalue weighted by atomic mass is 16.7. The van der Waals surface area contributed by atoms with Gasteiger partial charge < -0.3 is 29.8 Å². The van der Waals surface area contributed by atoms with Crippen molar-refractivity contribution in [2.24, 2.45) is 13.0 Å². The Kier molecular flexibility index (Phi) is 5.17. The molecular weight excluding hydrogens is 410 g/mol. The second kappa shape index (κ2) is 8.02. The summed E-state index contributed by atoms with van der Waals surface area (Å²) < 4.78 is 6.75. The van der Waals surface area contributed by atoms with E-state index in [1.54, 1.807) is 0 Å². The van der Waals surface area contributed by atoms with Crippen LogP contribution in [-0.4, -0.2) is 32.5 Å². The number of carboxylic acid groups (broad SMARTS) is 1. The van der Waals surface area contributed by atoms with Crippen LogP contribution in [0.15, 0.2) is 23.0 Å². The average Bonchev–Trinajstić information content (AvgIpc) is 2.90. The van der Waals surface area contributed by atoms with E-state index in [9.17, 15) is 14.7 Å². The van der Waals surface area contributed by atoms with Gasteiger partial charge in [0.15, 0.2) is 5.75 Å². The molecule has 1 fully saturated rings. The van der Waals surface area contributed by atoms with Gasteiger partial charge in [-0.05, 0) is 68.3 Å². The average molecular weight is 437 g/mol. The molecule has 1 aromatic carbocycles. The van der Waals surface area contributed by atoms with Gasteiger partial charge in [-0.25, -0.2) is 4.79 Å². The largest absolute Gasteiger partial charge is 0.511 e. The van der Waals surface area contributed by atoms with Crippen molar-refractivity contribution < 1.29 is 19.7 Å². The fourth-order valence-electron chi connectivity index (χ4n) is 4.92. The van der Waals surface area contributed by atoms with Gasteiger partial charge in [-0.1, -0.05) is 6.42 Å². The standard InChI is InChI=1S/C24H27N3O5/c1-27-16(12-25-11-13-4-2-5-13)8-15-9-18-14(10-19(15)27)6-3-7-17-20(18)26-23(29)22(21(17)28)32-24(30)31/h8-10,13,25H,2-7,11-12H2,1H3,(H,30,31)(H2,26,28,29). The molecule has 8 heteroatoms. The number of rotatable bonds is 5. The highest BCUT2D eigenvalue weighted by molar-refractivity contribution is 5.89. The van der Waals surface area contributed by atoms with E-state index in [4.69, 9.17) is 5.11 Å². The van der Waals surface area contributed by atoms with Crippen molar-refractivity contribution >= 4 is 17.1 Å². The zero-order valence-corrected chi connectivity index (χ0v) is 18.0. The smallest absolute Gasteiger partial charge is 0.504 e. The number of aryl methyl sites for hydroxylation is 2. The summed E-state index contributed by atoms with van der Waals surface area (Å²) in [7, 11) is 2.07. The second-order valence-corrected chi connectivity index (χ2v) is 8.90. The molecule has 3 aromatic rings. The molecule has 0 saturated heterocycles. The summed E-state index contributed by atoms with van der Waals surface area (Å²) in [4.78, 5) is 26.2. The first kappa shape index (κ1) is 20.6. The summed E-state index contributed by atoms with van der Waals surface area (Å²) in [6.07, 6.45) is 4.40. The van der Waals surface area contributed by atoms with Gasteiger partial charge in [0, 0.05) is 41.3 Å². The zero-order valence-electron chi connectivity index (χ0n) is 18.0. The van der Waals surface area contributed by atoms with Crippen molar-refractivity contribution in [3.63, 3.8) is 0 Å². The number of aromatic amines is 1. The van der Waals surface area contributed by atoms with E-state index < -0.39 is 23.2 Å². The van der Waals surface area contributed by atoms with Gasteiger partial charge in [0.2, 0.25) is 5.75 Å². The number of fused-ring (bicyclic) bond motifs is 4. The first-order valence-corrected chi connectivity index (χ1v) is 11.1. The summed E-state index contributed by atoms with van der Waals surface area (Å²) in [5, 5.41) is 24.2. The van der Waals surface area contributed by atoms with Crippen molar-refractivity contribution in [2.75, 3.05) is 6.54 Å². The highest BCUT2D eigenvalue weighted by Crippen LogP contribution is 2.40. The van der Waals surface area contributed by atoms with Gasteiger partial charge in [0.05, 0.1) is 5.69 Å². The molecule has 0 amide bonds. The minimum Gasteiger partial charge on any atom is -0.504 e. The Morgan fingerprint density at radius 3 is 2.78 bits per heavy atom. The van der Waals surface area contributed by atoms with Crippen LogP contribution >= 0.6 is 0 Å². The van der Waals surface area contributed by atoms with Crippen molar-refractivity contribution in [1.82, 2.24) is 14.9 Å². The Hall–Kier alpha value is -3.26. The zero-order chi connectivity index (χ0) is 22.4. The van der Waals surface area contributed by atoms with Crippen LogP contribution in [0.5, 0.6) is 11.5 Å². The molecule has 2 heterocycles. The first-order chi connectivity index (χ1) is 15.4. The molecule has 0 radical (unpaired) electrons. The number of benzene rings is 1. The monoisotopic (exact) mass is 437 g/mol. The third-order valence-electron chi connectivity index (χ3n) is 6.91. The van der Waals surface area contributed by atoms with E-state index in [-0.39, 0.29) is 0 Å². The predicted molar refractivity (Wildman–Crippen MR) is 120 cm³/mol. The molecule has 32 heavy (non-hydrogen) atoms. The van der Waals surface area contributed by atoms with Gasteiger partial charge in [-0.15, -0.1) is 0 Å². The number of nitrogens with zero attached hydrogens (tertiary/aromatic N) is 1. The molecule has 0 unspecified atom stereocenters. The lowest BCUT2D eigenvalue weighted by molar-refractivity contribution is 0.142. The van der Waals surface area contributed by atoms with Crippen molar-refractivity contribution in [1.29, 1.82) is 0 Å². The molecule has 2 aromatic heterocycles. The Balaban J connectivity index is 1.55. The van der Waals surface area contributed by atoms with Crippen LogP contribution < -0.4 is 15.6 Å². The van der Waals surface area contributed by atoms with Crippen LogP contribution in [0.1, 0.15) is 42.5 Å². The summed E-state index contributed by atoms with van der Waals surface area (Å²) in [5.41, 5.74) is 4.56. The van der Waals surface area contributed by atoms with Crippen LogP contribution in [0.3, 0.4) is 0 Å². The molecule has 2 aliphatic rings. The topological polar surface area (TPSA) is 117 Å². The maximum Gasteiger partial charge on any atom is 0.511 e. The lowest BCUT2D eigenvalue weighted by Crippen LogP contribution is -2.27. The van der Waals surface area contributed by atoms with Gasteiger partial charge in [-0.3, -0.25) is 4.79 Å². The van der Waals surface area contributed by atoms with Gasteiger partial charge >= 0.3 is 6.16 Å². The second-order valence-electron chi connectivity index (χ2n) is 8.90. The number of aromatic nitrogens is 2. The third kappa shape index (κ3) is 3.54. The summed E-state index contributed by atoms with van der Waals surface area (Å²) >= 11 is 0. The molecule has 5 rings (SSSR count). The van der Waals surface area contributed by atoms with E-state index in [2.05, 4.69) is 44.9 Å². The number of pyridine rings is 1. The molecule has 0 atom stereocenters. The van der Waals surface area contributed by atoms with E-state index in [1.807, 2.05) is 0 Å². The molecule has 0 aliphatic heterocycles. The van der Waals surface area contributed by atoms with Crippen LogP contribution in [-0.2, 0) is 26.4 Å². The highest BCUT2D eigenvalue weighted by Gasteiger charge is 2.25. The summed E-state index contributed by atoms with van der Waals surface area (Å²) in [6.45, 7) is 1.85. The van der Waals surface area contributed by atoms with E-state index in [1.165, 1.54) is 25.0 Å². The molecule has 2 aliphatic carbocycles. The summed E-state index contributed by atoms with van der Waals surface area (Å²) in [5.74, 6) is -0.162. The molecule has 1 saturated carbocycles. The minimum absolute atomic E-state index is 0.395. The van der Waals surface area contributed by atoms with Gasteiger partial charge in [0.1, 0.15) is 0 Å². The number of hydrogen-bond acceptors (Lipinski definition) is 5. The predicted octanol–water partition coefficient (Wildman–Crippen LogP) is 3.67. The molecule has 8 nitrogen and oxygen atoms in total. The minimum atomic E-state index is -1.63. The Morgan fingerprint density at radius 1 is 1.25 bits per heavy atom. The van der Waals surface area contributed by atoms with Crippen molar-refractivity contribution in [2.45, 2.75) is 45.1 Å². The van der Waals surface area contributed by atoms with Crippen LogP contribution in [0, 0.1) is 5.92 Å². The van der Waals surface area contributed by atoms with Crippen molar-refractivity contribution in [3.8, 4) is 22.8 Å². The van der Waals surface area contributed by atoms with Crippen LogP contribution in [0.4, 0.5) is 4.79 Å². The van der Waals surface area contributed by atoms with E-state index >= 15 is 0 Å². The van der Waals surface area contributed by atoms with Crippen LogP contribution in [0.2, 0.25) is 0 Å². The fourth-order valence-corrected chi connectivity index (χ4v) is 4.92. The lowest BCUT2D eigenvalue weighted by atomic mass is 9.85. The number of hydrogen-bond donors (Lipinski definition) is 4. The maximum absolute atomic E-state index is 12.5. The number of nitrogens with one attached hydrogen (secondary N) is 2. The molecule has 0 spiro atoms. The first-order valence-electron chi connectivity index (χ1n) is 11.1. The molecule has 168 valence electrons. The van der Waals surface area contributed by atoms with E-state index in [0.29, 0.717) is 17.7 Å². The maximum atomic E-state index is 12.5. The molecule has 4 N–H and O–H groups in total. The quantitative estimate of drug-likeness (QED) is 0.453. The normalized spacial score (nSPS) is 15.7. The number of ether oxygens (including phenoxy) is 1. The molecule has 0 bridgehead atoms. The Morgan fingerprint density at radius 2 is 2.06 bits per heavy atom. The number of carbonyl (C=O) groups is 1. The van der Waals surface area contributed by atoms with Crippen molar-refractivity contribution in [3.05, 3.63) is 45.4 Å². The number of aromatic hydroxyl groups is 1.